The first kappa shape index (κ1) is 102. The van der Waals surface area contributed by atoms with Crippen LogP contribution in [0.3, 0.4) is 0 Å². The molecule has 668 valence electrons. The number of nitrogens with one attached hydrogen (secondary N) is 2. The predicted molar refractivity (Wildman–Crippen MR) is 436 cm³/mol. The van der Waals surface area contributed by atoms with Crippen molar-refractivity contribution in [2.45, 2.75) is 52.0 Å². The highest BCUT2D eigenvalue weighted by Crippen LogP contribution is 2.33. The van der Waals surface area contributed by atoms with Crippen LogP contribution in [-0.4, -0.2) is 393 Å². The molecule has 1 aliphatic rings. The van der Waals surface area contributed by atoms with E-state index in [4.69, 9.17) is 134 Å². The molecule has 36 nitrogen and oxygen atoms in total. The van der Waals surface area contributed by atoms with Gasteiger partial charge < -0.3 is 145 Å². The first-order chi connectivity index (χ1) is 57.9. The Morgan fingerprint density at radius 2 is 0.778 bits per heavy atom. The quantitative estimate of drug-likeness (QED) is 0.0423. The third-order valence-electron chi connectivity index (χ3n) is 17.2. The first-order valence-electron chi connectivity index (χ1n) is 41.5. The Labute approximate surface area is 691 Å². The largest absolute Gasteiger partial charge is 0.481 e. The zero-order valence-corrected chi connectivity index (χ0v) is 69.5. The summed E-state index contributed by atoms with van der Waals surface area (Å²) in [7, 11) is 0. The van der Waals surface area contributed by atoms with Crippen LogP contribution in [0, 0.1) is 11.3 Å². The Balaban J connectivity index is 0.653. The van der Waals surface area contributed by atoms with Gasteiger partial charge in [0.2, 0.25) is 0 Å². The van der Waals surface area contributed by atoms with Gasteiger partial charge in [0.15, 0.2) is 5.82 Å². The van der Waals surface area contributed by atoms with Crippen molar-refractivity contribution in [2.24, 2.45) is 0 Å². The molecule has 4 aromatic rings. The van der Waals surface area contributed by atoms with E-state index in [1.807, 2.05) is 0 Å². The van der Waals surface area contributed by atoms with Gasteiger partial charge in [0.25, 0.3) is 0 Å². The second-order valence-corrected chi connectivity index (χ2v) is 26.1. The van der Waals surface area contributed by atoms with Gasteiger partial charge in [0, 0.05) is 69.0 Å². The maximum atomic E-state index is 12.6. The fourth-order valence-electron chi connectivity index (χ4n) is 11.1. The Hall–Kier alpha value is -5.85. The average molecular weight is 1670 g/mol. The lowest BCUT2D eigenvalue weighted by Gasteiger charge is -2.36. The lowest BCUT2D eigenvalue weighted by Crippen LogP contribution is -2.47. The van der Waals surface area contributed by atoms with Crippen LogP contribution in [-0.2, 0) is 131 Å². The van der Waals surface area contributed by atoms with Crippen molar-refractivity contribution in [1.82, 2.24) is 24.8 Å². The minimum absolute atomic E-state index is 0.0126. The second kappa shape index (κ2) is 74.0. The van der Waals surface area contributed by atoms with Gasteiger partial charge in [0.1, 0.15) is 11.3 Å². The summed E-state index contributed by atoms with van der Waals surface area (Å²) in [6, 6.07) is 15.1. The minimum atomic E-state index is -0.882. The van der Waals surface area contributed by atoms with Crippen LogP contribution < -0.4 is 21.3 Å². The van der Waals surface area contributed by atoms with Gasteiger partial charge in [-0.15, -0.1) is 0 Å². The number of urea groups is 1. The summed E-state index contributed by atoms with van der Waals surface area (Å²) >= 11 is 0. The number of aromatic nitrogens is 3. The number of benzene rings is 2. The Morgan fingerprint density at radius 1 is 0.427 bits per heavy atom. The van der Waals surface area contributed by atoms with E-state index in [1.165, 1.54) is 0 Å². The number of anilines is 3. The number of aliphatic carboxylic acids is 1. The van der Waals surface area contributed by atoms with Crippen molar-refractivity contribution < 1.29 is 128 Å². The molecule has 2 aromatic heterocycles. The highest BCUT2D eigenvalue weighted by Gasteiger charge is 2.22. The number of imidazole rings is 1. The summed E-state index contributed by atoms with van der Waals surface area (Å²) in [5.74, 6) is 0.555. The lowest BCUT2D eigenvalue weighted by molar-refractivity contribution is -0.138. The van der Waals surface area contributed by atoms with E-state index in [1.54, 1.807) is 24.3 Å². The molecular weight excluding hydrogens is 1530 g/mol. The maximum absolute atomic E-state index is 12.6. The molecule has 1 fully saturated rings. The molecule has 3 heterocycles. The zero-order chi connectivity index (χ0) is 82.7. The molecule has 1 aliphatic heterocycles. The summed E-state index contributed by atoms with van der Waals surface area (Å²) in [5.41, 5.74) is 11.4. The van der Waals surface area contributed by atoms with Crippen LogP contribution in [0.1, 0.15) is 50.4 Å². The molecule has 0 aliphatic carbocycles. The van der Waals surface area contributed by atoms with Crippen molar-refractivity contribution in [3.8, 4) is 6.07 Å². The average Bonchev–Trinajstić information content (AvgIpc) is 1.64. The Kier molecular flexibility index (Phi) is 64.3. The smallest absolute Gasteiger partial charge is 0.319 e. The number of pyridine rings is 1. The number of nitriles is 1. The molecule has 0 spiro atoms. The first-order valence-corrected chi connectivity index (χ1v) is 41.5. The van der Waals surface area contributed by atoms with Crippen LogP contribution in [0.4, 0.5) is 22.0 Å². The third-order valence-corrected chi connectivity index (χ3v) is 17.2. The molecule has 117 heavy (non-hydrogen) atoms. The minimum Gasteiger partial charge on any atom is -0.481 e. The lowest BCUT2D eigenvalue weighted by atomic mass is 10.1. The normalized spacial score (nSPS) is 12.6. The summed E-state index contributed by atoms with van der Waals surface area (Å²) in [4.78, 5) is 37.7. The Morgan fingerprint density at radius 3 is 1.12 bits per heavy atom. The van der Waals surface area contributed by atoms with E-state index >= 15 is 0 Å². The highest BCUT2D eigenvalue weighted by molar-refractivity contribution is 6.07. The molecule has 0 unspecified atom stereocenters. The molecule has 0 radical (unpaired) electrons. The molecule has 2 amide bonds. The number of amides is 2. The Bertz CT molecular complexity index is 3050. The van der Waals surface area contributed by atoms with Crippen LogP contribution in [0.2, 0.25) is 0 Å². The number of nitrogens with zero attached hydrogens (tertiary/aromatic N) is 6. The SMILES string of the molecule is CCCCc1nc2c(N)nc3ccc(N4CCN(CCOCCOCCOCCOCCOCCOCCOCCOCCOCCOCCOCCOCCOCCOCCOCCOCCOCCOCCOCCOCCOCCOCCOCCOCCC(=O)O)CC4)cc3c2n1CCCCNC(=O)Nc1cccc(C#N)c1. The standard InChI is InChI=1S/C81H137N9O27/c1-2-3-9-76-87-78-79(90(76)14-5-4-13-84-81(93)85-72-8-6-7-71(68-72)70-82)74-69-73(10-11-75(74)86-80(78)83)89-17-15-88(16-18-89)19-21-95-23-25-97-27-29-99-31-33-101-35-37-103-39-41-105-43-45-107-47-49-109-51-53-111-55-57-113-59-61-115-63-65-117-67-66-116-64-62-114-60-58-112-56-54-110-52-50-108-48-46-106-44-42-104-40-38-102-36-34-100-32-30-98-28-26-96-24-22-94-20-12-77(91)92/h6-8,10-11,68-69H,2-5,9,12-67H2,1H3,(H2,83,86)(H,91,92)(H2,84,85,93). The number of nitrogen functional groups attached to an aromatic ring is 1. The number of fused-ring (bicyclic) bond motifs is 3. The number of nitrogens with two attached hydrogens (primary N) is 1. The molecule has 0 atom stereocenters. The molecule has 0 bridgehead atoms. The van der Waals surface area contributed by atoms with Crippen LogP contribution in [0.5, 0.6) is 0 Å². The van der Waals surface area contributed by atoms with E-state index < -0.39 is 5.97 Å². The fourth-order valence-corrected chi connectivity index (χ4v) is 11.1. The van der Waals surface area contributed by atoms with Gasteiger partial charge in [-0.05, 0) is 55.7 Å². The number of carboxylic acid groups (broad SMARTS) is 1. The third kappa shape index (κ3) is 54.2. The molecular formula is C81H137N9O27. The molecule has 1 saturated heterocycles. The molecule has 36 heteroatoms. The van der Waals surface area contributed by atoms with Gasteiger partial charge in [-0.25, -0.2) is 14.8 Å². The second-order valence-electron chi connectivity index (χ2n) is 26.1. The number of carbonyl (C=O) groups excluding carboxylic acids is 1. The van der Waals surface area contributed by atoms with Crippen molar-refractivity contribution >= 4 is 51.1 Å². The van der Waals surface area contributed by atoms with Gasteiger partial charge in [-0.3, -0.25) is 9.69 Å². The van der Waals surface area contributed by atoms with Gasteiger partial charge in [-0.2, -0.15) is 5.26 Å². The van der Waals surface area contributed by atoms with Crippen molar-refractivity contribution in [1.29, 1.82) is 5.26 Å². The van der Waals surface area contributed by atoms with E-state index in [-0.39, 0.29) is 19.1 Å². The number of hydrogen-bond donors (Lipinski definition) is 4. The van der Waals surface area contributed by atoms with Crippen LogP contribution in [0.25, 0.3) is 21.9 Å². The monoisotopic (exact) mass is 1670 g/mol. The van der Waals surface area contributed by atoms with Crippen molar-refractivity contribution in [3.05, 3.63) is 53.9 Å². The van der Waals surface area contributed by atoms with Crippen LogP contribution in [0.15, 0.2) is 42.5 Å². The summed E-state index contributed by atoms with van der Waals surface area (Å²) < 4.78 is 135. The van der Waals surface area contributed by atoms with Gasteiger partial charge in [-0.1, -0.05) is 19.4 Å². The number of unbranched alkanes of at least 4 members (excludes halogenated alkanes) is 2. The molecule has 0 saturated carbocycles. The fraction of sp³-hybridized carbons (Fsp3) is 0.765. The van der Waals surface area contributed by atoms with E-state index in [9.17, 15) is 14.9 Å². The molecule has 2 aromatic carbocycles. The van der Waals surface area contributed by atoms with E-state index in [0.717, 1.165) is 105 Å². The number of rotatable bonds is 85. The van der Waals surface area contributed by atoms with E-state index in [0.29, 0.717) is 334 Å². The van der Waals surface area contributed by atoms with Crippen molar-refractivity contribution in [2.75, 3.05) is 372 Å². The highest BCUT2D eigenvalue weighted by atomic mass is 16.6. The molecule has 5 rings (SSSR count). The van der Waals surface area contributed by atoms with Crippen LogP contribution >= 0.6 is 0 Å². The maximum Gasteiger partial charge on any atom is 0.319 e. The number of aryl methyl sites for hydroxylation is 2. The number of carboxylic acids is 1. The summed E-state index contributed by atoms with van der Waals surface area (Å²) in [5, 5.41) is 24.5. The number of ether oxygens (including phenoxy) is 24. The number of carbonyl (C=O) groups is 2. The van der Waals surface area contributed by atoms with Gasteiger partial charge in [0.05, 0.1) is 346 Å². The molecule has 5 N–H and O–H groups in total. The summed E-state index contributed by atoms with van der Waals surface area (Å²) in [6.07, 6.45) is 4.48. The van der Waals surface area contributed by atoms with Crippen molar-refractivity contribution in [3.63, 3.8) is 0 Å². The van der Waals surface area contributed by atoms with E-state index in [2.05, 4.69) is 56.2 Å². The number of piperazine rings is 1. The topological polar surface area (TPSA) is 387 Å². The number of hydrogen-bond acceptors (Lipinski definition) is 32. The summed E-state index contributed by atoms with van der Waals surface area (Å²) in [6.45, 7) is 30.3. The zero-order valence-electron chi connectivity index (χ0n) is 69.5. The predicted octanol–water partition coefficient (Wildman–Crippen LogP) is 4.98. The van der Waals surface area contributed by atoms with Gasteiger partial charge >= 0.3 is 12.0 Å².